The molecule has 6 rings (SSSR count). The summed E-state index contributed by atoms with van der Waals surface area (Å²) in [5, 5.41) is 9.34. The highest BCUT2D eigenvalue weighted by Gasteiger charge is 2.24. The van der Waals surface area contributed by atoms with Crippen LogP contribution in [0, 0.1) is 5.92 Å². The molecule has 3 aromatic heterocycles. The lowest BCUT2D eigenvalue weighted by atomic mass is 10.2. The third-order valence-electron chi connectivity index (χ3n) is 6.56. The van der Waals surface area contributed by atoms with E-state index in [0.717, 1.165) is 65.5 Å². The summed E-state index contributed by atoms with van der Waals surface area (Å²) in [6, 6.07) is 11.9. The Labute approximate surface area is 217 Å². The maximum absolute atomic E-state index is 6.32. The minimum absolute atomic E-state index is 0.548. The number of piperazine rings is 1. The number of fused-ring (bicyclic) bond motifs is 1. The fourth-order valence-electron chi connectivity index (χ4n) is 4.44. The second kappa shape index (κ2) is 9.72. The van der Waals surface area contributed by atoms with Crippen molar-refractivity contribution in [3.05, 3.63) is 63.9 Å². The summed E-state index contributed by atoms with van der Waals surface area (Å²) < 4.78 is 9.06. The standard InChI is InChI=1S/C25H25BrClN7O/c26-23-21(7-6-20-24(23)30-31-34(20)15-17-4-5-17)35-25-18(13-19(27)14-29-25)16-32-9-11-33(12-10-32)22-3-1-2-8-28-22/h1-3,6-8,13-14,17H,4-5,9-12,15-16H2. The van der Waals surface area contributed by atoms with Crippen molar-refractivity contribution in [2.45, 2.75) is 25.9 Å². The molecular weight excluding hydrogens is 530 g/mol. The molecule has 0 unspecified atom stereocenters. The van der Waals surface area contributed by atoms with Crippen molar-refractivity contribution in [2.24, 2.45) is 5.92 Å². The van der Waals surface area contributed by atoms with E-state index in [2.05, 4.69) is 52.1 Å². The Balaban J connectivity index is 1.18. The van der Waals surface area contributed by atoms with Gasteiger partial charge < -0.3 is 9.64 Å². The molecule has 1 aliphatic carbocycles. The number of nitrogens with zero attached hydrogens (tertiary/aromatic N) is 7. The van der Waals surface area contributed by atoms with Crippen LogP contribution in [0.5, 0.6) is 11.6 Å². The van der Waals surface area contributed by atoms with Crippen molar-refractivity contribution in [1.82, 2.24) is 29.9 Å². The first-order valence-corrected chi connectivity index (χ1v) is 13.0. The van der Waals surface area contributed by atoms with Gasteiger partial charge in [0.15, 0.2) is 0 Å². The van der Waals surface area contributed by atoms with Crippen molar-refractivity contribution in [3.63, 3.8) is 0 Å². The SMILES string of the molecule is Clc1cnc(Oc2ccc3c(nnn3CC3CC3)c2Br)c(CN2CCN(c3ccccn3)CC2)c1. The molecule has 180 valence electrons. The van der Waals surface area contributed by atoms with Gasteiger partial charge in [-0.2, -0.15) is 0 Å². The van der Waals surface area contributed by atoms with Crippen LogP contribution >= 0.6 is 27.5 Å². The van der Waals surface area contributed by atoms with Crippen molar-refractivity contribution in [2.75, 3.05) is 31.1 Å². The number of ether oxygens (including phenoxy) is 1. The molecule has 10 heteroatoms. The quantitative estimate of drug-likeness (QED) is 0.312. The van der Waals surface area contributed by atoms with Crippen molar-refractivity contribution < 1.29 is 4.74 Å². The average Bonchev–Trinajstić information content (AvgIpc) is 3.61. The Hall–Kier alpha value is -2.75. The van der Waals surface area contributed by atoms with E-state index >= 15 is 0 Å². The number of halogens is 2. The van der Waals surface area contributed by atoms with Crippen LogP contribution in [0.4, 0.5) is 5.82 Å². The Bertz CT molecular complexity index is 1340. The van der Waals surface area contributed by atoms with Gasteiger partial charge >= 0.3 is 0 Å². The zero-order valence-electron chi connectivity index (χ0n) is 19.1. The lowest BCUT2D eigenvalue weighted by Gasteiger charge is -2.35. The molecule has 8 nitrogen and oxygen atoms in total. The second-order valence-corrected chi connectivity index (χ2v) is 10.4. The van der Waals surface area contributed by atoms with Gasteiger partial charge in [-0.15, -0.1) is 5.10 Å². The third kappa shape index (κ3) is 4.98. The normalized spacial score (nSPS) is 16.7. The van der Waals surface area contributed by atoms with E-state index in [-0.39, 0.29) is 0 Å². The predicted molar refractivity (Wildman–Crippen MR) is 139 cm³/mol. The molecule has 0 radical (unpaired) electrons. The molecular formula is C25H25BrClN7O. The summed E-state index contributed by atoms with van der Waals surface area (Å²) in [7, 11) is 0. The van der Waals surface area contributed by atoms with Crippen LogP contribution in [0.3, 0.4) is 0 Å². The highest BCUT2D eigenvalue weighted by molar-refractivity contribution is 9.10. The van der Waals surface area contributed by atoms with Gasteiger partial charge in [-0.25, -0.2) is 14.6 Å². The highest BCUT2D eigenvalue weighted by Crippen LogP contribution is 2.37. The van der Waals surface area contributed by atoms with Gasteiger partial charge in [-0.05, 0) is 65.0 Å². The largest absolute Gasteiger partial charge is 0.437 e. The molecule has 0 bridgehead atoms. The number of aromatic nitrogens is 5. The first kappa shape index (κ1) is 22.7. The molecule has 1 aromatic carbocycles. The number of anilines is 1. The van der Waals surface area contributed by atoms with Gasteiger partial charge in [0.1, 0.15) is 17.1 Å². The van der Waals surface area contributed by atoms with Gasteiger partial charge in [-0.3, -0.25) is 4.90 Å². The van der Waals surface area contributed by atoms with Gasteiger partial charge in [0.2, 0.25) is 5.88 Å². The van der Waals surface area contributed by atoms with Crippen LogP contribution < -0.4 is 9.64 Å². The molecule has 1 saturated carbocycles. The van der Waals surface area contributed by atoms with Crippen LogP contribution in [0.25, 0.3) is 11.0 Å². The van der Waals surface area contributed by atoms with E-state index in [9.17, 15) is 0 Å². The molecule has 1 saturated heterocycles. The number of benzene rings is 1. The van der Waals surface area contributed by atoms with Crippen LogP contribution in [0.1, 0.15) is 18.4 Å². The molecule has 2 fully saturated rings. The zero-order valence-corrected chi connectivity index (χ0v) is 21.5. The minimum atomic E-state index is 0.548. The molecule has 4 heterocycles. The van der Waals surface area contributed by atoms with Crippen LogP contribution in [-0.2, 0) is 13.1 Å². The van der Waals surface area contributed by atoms with E-state index in [1.165, 1.54) is 12.8 Å². The fraction of sp³-hybridized carbons (Fsp3) is 0.360. The predicted octanol–water partition coefficient (Wildman–Crippen LogP) is 5.16. The van der Waals surface area contributed by atoms with E-state index < -0.39 is 0 Å². The summed E-state index contributed by atoms with van der Waals surface area (Å²) in [4.78, 5) is 13.7. The van der Waals surface area contributed by atoms with Crippen LogP contribution in [0.15, 0.2) is 53.3 Å². The smallest absolute Gasteiger partial charge is 0.223 e. The van der Waals surface area contributed by atoms with Gasteiger partial charge in [0.25, 0.3) is 0 Å². The molecule has 35 heavy (non-hydrogen) atoms. The van der Waals surface area contributed by atoms with Gasteiger partial charge in [0.05, 0.1) is 15.0 Å². The van der Waals surface area contributed by atoms with E-state index in [1.54, 1.807) is 6.20 Å². The summed E-state index contributed by atoms with van der Waals surface area (Å²) >= 11 is 10.0. The van der Waals surface area contributed by atoms with Crippen molar-refractivity contribution in [1.29, 1.82) is 0 Å². The van der Waals surface area contributed by atoms with Gasteiger partial charge in [0, 0.05) is 57.2 Å². The van der Waals surface area contributed by atoms with Crippen LogP contribution in [0.2, 0.25) is 5.02 Å². The number of hydrogen-bond donors (Lipinski definition) is 0. The van der Waals surface area contributed by atoms with Crippen LogP contribution in [-0.4, -0.2) is 56.0 Å². The lowest BCUT2D eigenvalue weighted by Crippen LogP contribution is -2.46. The fourth-order valence-corrected chi connectivity index (χ4v) is 5.12. The summed E-state index contributed by atoms with van der Waals surface area (Å²) in [5.74, 6) is 2.95. The Kier molecular flexibility index (Phi) is 6.30. The van der Waals surface area contributed by atoms with Crippen molar-refractivity contribution >= 4 is 44.4 Å². The Morgan fingerprint density at radius 2 is 1.91 bits per heavy atom. The number of pyridine rings is 2. The zero-order chi connectivity index (χ0) is 23.8. The first-order chi connectivity index (χ1) is 17.1. The molecule has 0 atom stereocenters. The molecule has 0 spiro atoms. The van der Waals surface area contributed by atoms with Crippen molar-refractivity contribution in [3.8, 4) is 11.6 Å². The maximum Gasteiger partial charge on any atom is 0.223 e. The summed E-state index contributed by atoms with van der Waals surface area (Å²) in [6.07, 6.45) is 6.00. The van der Waals surface area contributed by atoms with E-state index in [0.29, 0.717) is 23.2 Å². The molecule has 2 aliphatic rings. The van der Waals surface area contributed by atoms with E-state index in [4.69, 9.17) is 16.3 Å². The number of rotatable bonds is 7. The Morgan fingerprint density at radius 3 is 2.69 bits per heavy atom. The Morgan fingerprint density at radius 1 is 1.06 bits per heavy atom. The summed E-state index contributed by atoms with van der Waals surface area (Å²) in [6.45, 7) is 5.29. The molecule has 0 N–H and O–H groups in total. The molecule has 0 amide bonds. The molecule has 1 aliphatic heterocycles. The highest BCUT2D eigenvalue weighted by atomic mass is 79.9. The monoisotopic (exact) mass is 553 g/mol. The third-order valence-corrected chi connectivity index (χ3v) is 7.53. The lowest BCUT2D eigenvalue weighted by molar-refractivity contribution is 0.246. The van der Waals surface area contributed by atoms with E-state index in [1.807, 2.05) is 41.2 Å². The second-order valence-electron chi connectivity index (χ2n) is 9.13. The maximum atomic E-state index is 6.32. The summed E-state index contributed by atoms with van der Waals surface area (Å²) in [5.41, 5.74) is 2.75. The topological polar surface area (TPSA) is 72.2 Å². The minimum Gasteiger partial charge on any atom is -0.437 e. The first-order valence-electron chi connectivity index (χ1n) is 11.9. The van der Waals surface area contributed by atoms with Gasteiger partial charge in [-0.1, -0.05) is 22.9 Å². The molecule has 4 aromatic rings. The average molecular weight is 555 g/mol. The number of hydrogen-bond acceptors (Lipinski definition) is 7.